The molecule has 1 amide bonds. The van der Waals surface area contributed by atoms with Crippen LogP contribution < -0.4 is 0 Å². The van der Waals surface area contributed by atoms with Crippen molar-refractivity contribution in [2.45, 2.75) is 32.8 Å². The van der Waals surface area contributed by atoms with Crippen LogP contribution in [0.2, 0.25) is 0 Å². The van der Waals surface area contributed by atoms with E-state index >= 15 is 0 Å². The van der Waals surface area contributed by atoms with Gasteiger partial charge in [0.1, 0.15) is 5.60 Å². The molecule has 5 heteroatoms. The summed E-state index contributed by atoms with van der Waals surface area (Å²) in [4.78, 5) is 17.3. The highest BCUT2D eigenvalue weighted by atomic mass is 32.1. The van der Waals surface area contributed by atoms with Crippen LogP contribution in [0.1, 0.15) is 36.9 Å². The molecule has 0 aliphatic carbocycles. The lowest BCUT2D eigenvalue weighted by Crippen LogP contribution is -2.35. The van der Waals surface area contributed by atoms with Crippen molar-refractivity contribution >= 4 is 60.3 Å². The average molecular weight is 446 g/mol. The molecule has 2 aromatic carbocycles. The zero-order chi connectivity index (χ0) is 21.6. The van der Waals surface area contributed by atoms with Gasteiger partial charge in [-0.1, -0.05) is 48.6 Å². The quantitative estimate of drug-likeness (QED) is 0.312. The lowest BCUT2D eigenvalue weighted by Gasteiger charge is -2.32. The van der Waals surface area contributed by atoms with Crippen LogP contribution in [0.3, 0.4) is 0 Å². The van der Waals surface area contributed by atoms with Gasteiger partial charge in [0.15, 0.2) is 0 Å². The molecule has 2 aromatic heterocycles. The van der Waals surface area contributed by atoms with Crippen molar-refractivity contribution < 1.29 is 9.53 Å². The molecule has 1 aliphatic rings. The van der Waals surface area contributed by atoms with E-state index in [2.05, 4.69) is 48.6 Å². The number of carbonyl (C=O) groups excluding carboxylic acids is 1. The Balaban J connectivity index is 1.61. The SMILES string of the molecule is CC(C)(C)OC(=O)N1C(c2cc3ccccc3s2)=CCC=C1c1cc2ccccc2s1. The minimum Gasteiger partial charge on any atom is -0.443 e. The van der Waals surface area contributed by atoms with E-state index in [9.17, 15) is 4.79 Å². The second-order valence-electron chi connectivity index (χ2n) is 8.53. The smallest absolute Gasteiger partial charge is 0.419 e. The van der Waals surface area contributed by atoms with Gasteiger partial charge in [0.2, 0.25) is 0 Å². The number of carbonyl (C=O) groups is 1. The van der Waals surface area contributed by atoms with E-state index in [4.69, 9.17) is 4.74 Å². The predicted octanol–water partition coefficient (Wildman–Crippen LogP) is 8.14. The maximum absolute atomic E-state index is 13.4. The number of ether oxygens (including phenoxy) is 1. The Kier molecular flexibility index (Phi) is 4.95. The van der Waals surface area contributed by atoms with E-state index in [1.165, 1.54) is 20.2 Å². The molecule has 3 heterocycles. The summed E-state index contributed by atoms with van der Waals surface area (Å²) in [6.07, 6.45) is 4.66. The fourth-order valence-electron chi connectivity index (χ4n) is 3.74. The Morgan fingerprint density at radius 1 is 0.839 bits per heavy atom. The van der Waals surface area contributed by atoms with Gasteiger partial charge in [-0.2, -0.15) is 0 Å². The van der Waals surface area contributed by atoms with Crippen LogP contribution in [0, 0.1) is 0 Å². The third kappa shape index (κ3) is 3.91. The van der Waals surface area contributed by atoms with Crippen LogP contribution in [0.5, 0.6) is 0 Å². The van der Waals surface area contributed by atoms with Gasteiger partial charge in [-0.05, 0) is 62.2 Å². The van der Waals surface area contributed by atoms with Crippen molar-refractivity contribution in [1.29, 1.82) is 0 Å². The highest BCUT2D eigenvalue weighted by Crippen LogP contribution is 2.42. The van der Waals surface area contributed by atoms with Gasteiger partial charge >= 0.3 is 6.09 Å². The molecule has 0 radical (unpaired) electrons. The van der Waals surface area contributed by atoms with Crippen LogP contribution in [-0.2, 0) is 4.74 Å². The fourth-order valence-corrected chi connectivity index (χ4v) is 5.92. The Hall–Kier alpha value is -2.89. The standard InChI is InChI=1S/C26H23NO2S2/c1-26(2,3)29-25(28)27-19(23-15-17-9-4-6-13-21(17)30-23)11-8-12-20(27)24-16-18-10-5-7-14-22(18)31-24/h4-7,9-16H,8H2,1-3H3. The molecule has 0 fully saturated rings. The third-order valence-electron chi connectivity index (χ3n) is 5.04. The second-order valence-corrected chi connectivity index (χ2v) is 10.7. The van der Waals surface area contributed by atoms with Crippen molar-refractivity contribution in [3.05, 3.63) is 82.6 Å². The van der Waals surface area contributed by atoms with Gasteiger partial charge in [-0.15, -0.1) is 22.7 Å². The number of hydrogen-bond donors (Lipinski definition) is 0. The third-order valence-corrected chi connectivity index (χ3v) is 7.31. The van der Waals surface area contributed by atoms with Gasteiger partial charge in [0.25, 0.3) is 0 Å². The number of allylic oxidation sites excluding steroid dienone is 2. The van der Waals surface area contributed by atoms with Crippen molar-refractivity contribution in [3.63, 3.8) is 0 Å². The maximum Gasteiger partial charge on any atom is 0.419 e. The molecule has 0 atom stereocenters. The normalized spacial score (nSPS) is 14.6. The number of fused-ring (bicyclic) bond motifs is 2. The molecule has 0 spiro atoms. The van der Waals surface area contributed by atoms with Gasteiger partial charge in [-0.25, -0.2) is 9.69 Å². The first-order valence-corrected chi connectivity index (χ1v) is 11.9. The molecule has 1 aliphatic heterocycles. The van der Waals surface area contributed by atoms with Crippen molar-refractivity contribution in [2.24, 2.45) is 0 Å². The van der Waals surface area contributed by atoms with Gasteiger partial charge < -0.3 is 4.74 Å². The molecular formula is C26H23NO2S2. The second kappa shape index (κ2) is 7.66. The highest BCUT2D eigenvalue weighted by molar-refractivity contribution is 7.20. The number of hydrogen-bond acceptors (Lipinski definition) is 4. The molecule has 0 N–H and O–H groups in total. The van der Waals surface area contributed by atoms with E-state index < -0.39 is 5.60 Å². The summed E-state index contributed by atoms with van der Waals surface area (Å²) in [5.74, 6) is 0. The minimum absolute atomic E-state index is 0.348. The summed E-state index contributed by atoms with van der Waals surface area (Å²) < 4.78 is 8.26. The van der Waals surface area contributed by atoms with Crippen molar-refractivity contribution in [1.82, 2.24) is 4.90 Å². The highest BCUT2D eigenvalue weighted by Gasteiger charge is 2.32. The summed E-state index contributed by atoms with van der Waals surface area (Å²) in [5, 5.41) is 2.37. The molecule has 0 bridgehead atoms. The fraction of sp³-hybridized carbons (Fsp3) is 0.192. The van der Waals surface area contributed by atoms with E-state index in [0.29, 0.717) is 0 Å². The molecule has 4 aromatic rings. The number of nitrogens with zero attached hydrogens (tertiary/aromatic N) is 1. The van der Waals surface area contributed by atoms with Crippen LogP contribution in [0.15, 0.2) is 72.8 Å². The van der Waals surface area contributed by atoms with Crippen LogP contribution in [0.4, 0.5) is 4.79 Å². The molecular weight excluding hydrogens is 422 g/mol. The largest absolute Gasteiger partial charge is 0.443 e. The zero-order valence-electron chi connectivity index (χ0n) is 17.7. The summed E-state index contributed by atoms with van der Waals surface area (Å²) in [6, 6.07) is 21.0. The molecule has 5 rings (SSSR count). The average Bonchev–Trinajstić information content (AvgIpc) is 3.36. The monoisotopic (exact) mass is 445 g/mol. The lowest BCUT2D eigenvalue weighted by molar-refractivity contribution is 0.0426. The molecule has 31 heavy (non-hydrogen) atoms. The van der Waals surface area contributed by atoms with E-state index in [0.717, 1.165) is 27.6 Å². The zero-order valence-corrected chi connectivity index (χ0v) is 19.3. The Bertz CT molecular complexity index is 1190. The number of amides is 1. The lowest BCUT2D eigenvalue weighted by atomic mass is 10.1. The number of thiophene rings is 2. The summed E-state index contributed by atoms with van der Waals surface area (Å²) in [5.41, 5.74) is 1.21. The molecule has 0 unspecified atom stereocenters. The Morgan fingerprint density at radius 3 is 1.77 bits per heavy atom. The van der Waals surface area contributed by atoms with Crippen molar-refractivity contribution in [3.8, 4) is 0 Å². The minimum atomic E-state index is -0.578. The van der Waals surface area contributed by atoms with Crippen LogP contribution in [0.25, 0.3) is 31.6 Å². The van der Waals surface area contributed by atoms with Crippen LogP contribution in [-0.4, -0.2) is 16.6 Å². The first-order valence-electron chi connectivity index (χ1n) is 10.3. The molecule has 0 saturated heterocycles. The van der Waals surface area contributed by atoms with Gasteiger partial charge in [-0.3, -0.25) is 0 Å². The molecule has 3 nitrogen and oxygen atoms in total. The maximum atomic E-state index is 13.4. The van der Waals surface area contributed by atoms with Gasteiger partial charge in [0, 0.05) is 9.40 Å². The molecule has 0 saturated carbocycles. The Labute approximate surface area is 189 Å². The van der Waals surface area contributed by atoms with Crippen molar-refractivity contribution in [2.75, 3.05) is 0 Å². The van der Waals surface area contributed by atoms with E-state index in [1.54, 1.807) is 27.6 Å². The summed E-state index contributed by atoms with van der Waals surface area (Å²) in [6.45, 7) is 5.71. The van der Waals surface area contributed by atoms with E-state index in [1.807, 2.05) is 45.0 Å². The topological polar surface area (TPSA) is 29.5 Å². The van der Waals surface area contributed by atoms with E-state index in [-0.39, 0.29) is 6.09 Å². The first-order chi connectivity index (χ1) is 14.9. The summed E-state index contributed by atoms with van der Waals surface area (Å²) in [7, 11) is 0. The van der Waals surface area contributed by atoms with Crippen LogP contribution >= 0.6 is 22.7 Å². The van der Waals surface area contributed by atoms with Gasteiger partial charge in [0.05, 0.1) is 21.1 Å². The number of rotatable bonds is 2. The summed E-state index contributed by atoms with van der Waals surface area (Å²) >= 11 is 3.41. The molecule has 156 valence electrons. The predicted molar refractivity (Wildman–Crippen MR) is 132 cm³/mol. The Morgan fingerprint density at radius 2 is 1.32 bits per heavy atom. The number of benzene rings is 2. The first kappa shape index (κ1) is 20.0.